The number of carbonyl (C=O) groups excluding carboxylic acids is 1. The van der Waals surface area contributed by atoms with Crippen molar-refractivity contribution in [3.8, 4) is 0 Å². The van der Waals surface area contributed by atoms with Gasteiger partial charge < -0.3 is 20.1 Å². The van der Waals surface area contributed by atoms with E-state index >= 15 is 0 Å². The minimum Gasteiger partial charge on any atom is -0.481 e. The van der Waals surface area contributed by atoms with Crippen LogP contribution in [0.1, 0.15) is 50.5 Å². The van der Waals surface area contributed by atoms with E-state index in [0.717, 1.165) is 37.7 Å². The summed E-state index contributed by atoms with van der Waals surface area (Å²) in [4.78, 5) is 24.7. The van der Waals surface area contributed by atoms with Gasteiger partial charge in [-0.2, -0.15) is 0 Å². The molecule has 158 valence electrons. The SMILES string of the molecule is CN(C)C[C@@H](CC(=O)O)NC(=O)CCCCCCCOCc1cccc(F)c1. The van der Waals surface area contributed by atoms with E-state index in [2.05, 4.69) is 5.32 Å². The van der Waals surface area contributed by atoms with Gasteiger partial charge in [0.15, 0.2) is 0 Å². The van der Waals surface area contributed by atoms with Gasteiger partial charge in [-0.3, -0.25) is 9.59 Å². The number of hydrogen-bond acceptors (Lipinski definition) is 4. The lowest BCUT2D eigenvalue weighted by Gasteiger charge is -2.20. The predicted molar refractivity (Wildman–Crippen MR) is 106 cm³/mol. The minimum atomic E-state index is -0.910. The van der Waals surface area contributed by atoms with Crippen LogP contribution in [0, 0.1) is 5.82 Å². The van der Waals surface area contributed by atoms with Crippen molar-refractivity contribution in [1.29, 1.82) is 0 Å². The second-order valence-corrected chi connectivity index (χ2v) is 7.32. The molecule has 0 spiro atoms. The Bertz CT molecular complexity index is 596. The van der Waals surface area contributed by atoms with Gasteiger partial charge in [0.1, 0.15) is 5.82 Å². The first kappa shape index (κ1) is 24.0. The van der Waals surface area contributed by atoms with Crippen molar-refractivity contribution in [3.63, 3.8) is 0 Å². The molecule has 0 aliphatic carbocycles. The van der Waals surface area contributed by atoms with Crippen LogP contribution in [0.15, 0.2) is 24.3 Å². The number of carboxylic acid groups (broad SMARTS) is 1. The molecule has 1 atom stereocenters. The maximum Gasteiger partial charge on any atom is 0.305 e. The standard InChI is InChI=1S/C21H33FN2O4/c1-24(2)15-19(14-21(26)27)23-20(25)11-6-4-3-5-7-12-28-16-17-9-8-10-18(22)13-17/h8-10,13,19H,3-7,11-12,14-16H2,1-2H3,(H,23,25)(H,26,27)/t19-/m1/s1. The molecule has 0 radical (unpaired) electrons. The van der Waals surface area contributed by atoms with E-state index < -0.39 is 5.97 Å². The number of nitrogens with one attached hydrogen (secondary N) is 1. The van der Waals surface area contributed by atoms with Crippen molar-refractivity contribution in [2.75, 3.05) is 27.2 Å². The molecule has 1 aromatic rings. The molecule has 28 heavy (non-hydrogen) atoms. The van der Waals surface area contributed by atoms with Crippen LogP contribution < -0.4 is 5.32 Å². The third-order valence-corrected chi connectivity index (χ3v) is 4.22. The number of nitrogens with zero attached hydrogens (tertiary/aromatic N) is 1. The number of rotatable bonds is 15. The lowest BCUT2D eigenvalue weighted by atomic mass is 10.1. The van der Waals surface area contributed by atoms with Crippen molar-refractivity contribution in [3.05, 3.63) is 35.6 Å². The van der Waals surface area contributed by atoms with Crippen LogP contribution in [0.5, 0.6) is 0 Å². The molecule has 2 N–H and O–H groups in total. The van der Waals surface area contributed by atoms with Gasteiger partial charge in [-0.1, -0.05) is 31.4 Å². The van der Waals surface area contributed by atoms with Crippen LogP contribution >= 0.6 is 0 Å². The number of amides is 1. The van der Waals surface area contributed by atoms with Crippen LogP contribution in [0.2, 0.25) is 0 Å². The number of likely N-dealkylation sites (N-methyl/N-ethyl adjacent to an activating group) is 1. The summed E-state index contributed by atoms with van der Waals surface area (Å²) < 4.78 is 18.6. The van der Waals surface area contributed by atoms with Gasteiger partial charge in [0, 0.05) is 19.6 Å². The van der Waals surface area contributed by atoms with E-state index in [1.165, 1.54) is 12.1 Å². The molecular weight excluding hydrogens is 363 g/mol. The first-order valence-corrected chi connectivity index (χ1v) is 9.85. The van der Waals surface area contributed by atoms with E-state index in [1.807, 2.05) is 25.1 Å². The number of aliphatic carboxylic acids is 1. The maximum atomic E-state index is 13.0. The van der Waals surface area contributed by atoms with Crippen LogP contribution in [0.25, 0.3) is 0 Å². The van der Waals surface area contributed by atoms with Gasteiger partial charge in [-0.25, -0.2) is 4.39 Å². The van der Waals surface area contributed by atoms with Crippen molar-refractivity contribution in [2.24, 2.45) is 0 Å². The summed E-state index contributed by atoms with van der Waals surface area (Å²) >= 11 is 0. The zero-order valence-corrected chi connectivity index (χ0v) is 17.0. The fourth-order valence-electron chi connectivity index (χ4n) is 2.95. The number of benzene rings is 1. The molecule has 1 amide bonds. The molecule has 0 saturated heterocycles. The number of hydrogen-bond donors (Lipinski definition) is 2. The second-order valence-electron chi connectivity index (χ2n) is 7.32. The topological polar surface area (TPSA) is 78.9 Å². The Hall–Kier alpha value is -1.99. The Morgan fingerprint density at radius 2 is 1.89 bits per heavy atom. The molecule has 1 aromatic carbocycles. The highest BCUT2D eigenvalue weighted by Gasteiger charge is 2.16. The maximum absolute atomic E-state index is 13.0. The number of unbranched alkanes of at least 4 members (excludes halogenated alkanes) is 4. The van der Waals surface area contributed by atoms with Gasteiger partial charge in [0.2, 0.25) is 5.91 Å². The zero-order valence-electron chi connectivity index (χ0n) is 17.0. The summed E-state index contributed by atoms with van der Waals surface area (Å²) in [6.45, 7) is 1.56. The fourth-order valence-corrected chi connectivity index (χ4v) is 2.95. The van der Waals surface area contributed by atoms with Crippen molar-refractivity contribution in [2.45, 2.75) is 57.6 Å². The molecular formula is C21H33FN2O4. The van der Waals surface area contributed by atoms with Crippen LogP contribution in [0.3, 0.4) is 0 Å². The van der Waals surface area contributed by atoms with Crippen LogP contribution in [-0.4, -0.2) is 55.2 Å². The Morgan fingerprint density at radius 1 is 1.18 bits per heavy atom. The molecule has 6 nitrogen and oxygen atoms in total. The normalized spacial score (nSPS) is 12.1. The third-order valence-electron chi connectivity index (χ3n) is 4.22. The Labute approximate surface area is 167 Å². The smallest absolute Gasteiger partial charge is 0.305 e. The van der Waals surface area contributed by atoms with E-state index in [-0.39, 0.29) is 24.2 Å². The first-order valence-electron chi connectivity index (χ1n) is 9.85. The molecule has 0 fully saturated rings. The Morgan fingerprint density at radius 3 is 2.57 bits per heavy atom. The summed E-state index contributed by atoms with van der Waals surface area (Å²) in [5, 5.41) is 11.7. The van der Waals surface area contributed by atoms with E-state index in [0.29, 0.717) is 26.2 Å². The Kier molecular flexibility index (Phi) is 12.1. The van der Waals surface area contributed by atoms with Crippen LogP contribution in [-0.2, 0) is 20.9 Å². The monoisotopic (exact) mass is 396 g/mol. The zero-order chi connectivity index (χ0) is 20.8. The summed E-state index contributed by atoms with van der Waals surface area (Å²) in [5.41, 5.74) is 0.835. The predicted octanol–water partition coefficient (Wildman–Crippen LogP) is 3.20. The molecule has 0 bridgehead atoms. The lowest BCUT2D eigenvalue weighted by molar-refractivity contribution is -0.137. The van der Waals surface area contributed by atoms with E-state index in [1.54, 1.807) is 6.07 Å². The highest BCUT2D eigenvalue weighted by atomic mass is 19.1. The van der Waals surface area contributed by atoms with Crippen molar-refractivity contribution >= 4 is 11.9 Å². The van der Waals surface area contributed by atoms with Crippen molar-refractivity contribution < 1.29 is 23.8 Å². The molecule has 1 rings (SSSR count). The number of carbonyl (C=O) groups is 2. The highest BCUT2D eigenvalue weighted by molar-refractivity contribution is 5.77. The molecule has 0 aromatic heterocycles. The number of carboxylic acids is 1. The number of halogens is 1. The summed E-state index contributed by atoms with van der Waals surface area (Å²) in [6.07, 6.45) is 5.07. The quantitative estimate of drug-likeness (QED) is 0.445. The Balaban J connectivity index is 2.03. The number of ether oxygens (including phenoxy) is 1. The van der Waals surface area contributed by atoms with Gasteiger partial charge >= 0.3 is 5.97 Å². The summed E-state index contributed by atoms with van der Waals surface area (Å²) in [7, 11) is 3.70. The van der Waals surface area contributed by atoms with E-state index in [9.17, 15) is 14.0 Å². The molecule has 7 heteroatoms. The van der Waals surface area contributed by atoms with Gasteiger partial charge in [-0.05, 0) is 44.6 Å². The largest absolute Gasteiger partial charge is 0.481 e. The third kappa shape index (κ3) is 12.4. The second kappa shape index (κ2) is 14.1. The average Bonchev–Trinajstić information content (AvgIpc) is 2.59. The van der Waals surface area contributed by atoms with Gasteiger partial charge in [0.05, 0.1) is 19.1 Å². The molecule has 0 aliphatic heterocycles. The molecule has 0 heterocycles. The fraction of sp³-hybridized carbons (Fsp3) is 0.619. The highest BCUT2D eigenvalue weighted by Crippen LogP contribution is 2.08. The summed E-state index contributed by atoms with van der Waals surface area (Å²) in [6, 6.07) is 6.04. The van der Waals surface area contributed by atoms with Crippen LogP contribution in [0.4, 0.5) is 4.39 Å². The molecule has 0 unspecified atom stereocenters. The van der Waals surface area contributed by atoms with Crippen molar-refractivity contribution in [1.82, 2.24) is 10.2 Å². The lowest BCUT2D eigenvalue weighted by Crippen LogP contribution is -2.42. The van der Waals surface area contributed by atoms with Gasteiger partial charge in [0.25, 0.3) is 0 Å². The summed E-state index contributed by atoms with van der Waals surface area (Å²) in [5.74, 6) is -1.25. The van der Waals surface area contributed by atoms with Gasteiger partial charge in [-0.15, -0.1) is 0 Å². The van der Waals surface area contributed by atoms with E-state index in [4.69, 9.17) is 9.84 Å². The minimum absolute atomic E-state index is 0.0699. The molecule has 0 saturated carbocycles. The molecule has 0 aliphatic rings. The first-order chi connectivity index (χ1) is 13.4. The average molecular weight is 397 g/mol.